The summed E-state index contributed by atoms with van der Waals surface area (Å²) in [4.78, 5) is 30.7. The van der Waals surface area contributed by atoms with Gasteiger partial charge in [0.25, 0.3) is 5.91 Å². The maximum atomic E-state index is 14.7. The van der Waals surface area contributed by atoms with Crippen molar-refractivity contribution in [3.05, 3.63) is 48.0 Å². The van der Waals surface area contributed by atoms with Crippen molar-refractivity contribution in [3.8, 4) is 16.9 Å². The molecule has 2 aromatic rings. The predicted molar refractivity (Wildman–Crippen MR) is 133 cm³/mol. The van der Waals surface area contributed by atoms with Crippen LogP contribution in [-0.2, 0) is 4.79 Å². The molecule has 2 aliphatic rings. The predicted octanol–water partition coefficient (Wildman–Crippen LogP) is 3.74. The maximum absolute atomic E-state index is 14.7. The highest BCUT2D eigenvalue weighted by Crippen LogP contribution is 2.27. The molecule has 194 valence electrons. The van der Waals surface area contributed by atoms with E-state index in [9.17, 15) is 18.4 Å². The first-order chi connectivity index (χ1) is 17.2. The number of piperidine rings is 1. The van der Waals surface area contributed by atoms with Crippen LogP contribution in [-0.4, -0.2) is 66.2 Å². The fourth-order valence-electron chi connectivity index (χ4n) is 4.72. The number of hydrogen-bond acceptors (Lipinski definition) is 6. The summed E-state index contributed by atoms with van der Waals surface area (Å²) in [6.45, 7) is 6.42. The van der Waals surface area contributed by atoms with E-state index >= 15 is 0 Å². The fraction of sp³-hybridized carbons (Fsp3) is 0.519. The molecule has 2 saturated heterocycles. The van der Waals surface area contributed by atoms with Crippen LogP contribution < -0.4 is 15.4 Å². The zero-order valence-electron chi connectivity index (χ0n) is 20.9. The Labute approximate surface area is 210 Å². The number of nitrogens with zero attached hydrogens (tertiary/aromatic N) is 2. The van der Waals surface area contributed by atoms with Gasteiger partial charge in [-0.05, 0) is 88.8 Å². The highest BCUT2D eigenvalue weighted by molar-refractivity contribution is 6.05. The van der Waals surface area contributed by atoms with Gasteiger partial charge in [-0.15, -0.1) is 0 Å². The zero-order chi connectivity index (χ0) is 25.7. The lowest BCUT2D eigenvalue weighted by atomic mass is 9.97. The van der Waals surface area contributed by atoms with Gasteiger partial charge in [-0.1, -0.05) is 12.1 Å². The smallest absolute Gasteiger partial charge is 0.276 e. The van der Waals surface area contributed by atoms with E-state index in [2.05, 4.69) is 20.5 Å². The van der Waals surface area contributed by atoms with Crippen molar-refractivity contribution in [2.24, 2.45) is 5.92 Å². The third kappa shape index (κ3) is 7.07. The Morgan fingerprint density at radius 3 is 2.53 bits per heavy atom. The molecule has 1 aromatic heterocycles. The van der Waals surface area contributed by atoms with Gasteiger partial charge in [0, 0.05) is 18.3 Å². The molecule has 9 heteroatoms. The van der Waals surface area contributed by atoms with Crippen LogP contribution >= 0.6 is 0 Å². The second kappa shape index (κ2) is 11.4. The van der Waals surface area contributed by atoms with Crippen LogP contribution in [0.25, 0.3) is 11.1 Å². The monoisotopic (exact) mass is 500 g/mol. The Morgan fingerprint density at radius 2 is 1.92 bits per heavy atom. The molecule has 0 unspecified atom stereocenters. The molecule has 1 atom stereocenters. The van der Waals surface area contributed by atoms with Crippen LogP contribution in [0.15, 0.2) is 36.5 Å². The van der Waals surface area contributed by atoms with Gasteiger partial charge >= 0.3 is 0 Å². The minimum atomic E-state index is -1.21. The molecule has 2 aliphatic heterocycles. The first-order valence-electron chi connectivity index (χ1n) is 12.6. The molecule has 36 heavy (non-hydrogen) atoms. The molecule has 0 aliphatic carbocycles. The van der Waals surface area contributed by atoms with Crippen LogP contribution in [0.4, 0.5) is 8.78 Å². The van der Waals surface area contributed by atoms with Crippen molar-refractivity contribution >= 4 is 11.8 Å². The van der Waals surface area contributed by atoms with Gasteiger partial charge in [-0.3, -0.25) is 19.9 Å². The van der Waals surface area contributed by atoms with Gasteiger partial charge in [-0.2, -0.15) is 0 Å². The van der Waals surface area contributed by atoms with Gasteiger partial charge in [0.1, 0.15) is 11.4 Å². The van der Waals surface area contributed by atoms with E-state index in [0.29, 0.717) is 36.6 Å². The van der Waals surface area contributed by atoms with Crippen molar-refractivity contribution in [2.45, 2.75) is 51.2 Å². The largest absolute Gasteiger partial charge is 0.490 e. The van der Waals surface area contributed by atoms with Gasteiger partial charge in [0.2, 0.25) is 5.91 Å². The Kier molecular flexibility index (Phi) is 8.31. The number of aromatic nitrogens is 1. The Hall–Kier alpha value is -2.91. The molecule has 0 saturated carbocycles. The maximum Gasteiger partial charge on any atom is 0.276 e. The molecule has 2 fully saturated rings. The number of likely N-dealkylation sites (tertiary alicyclic amines) is 1. The van der Waals surface area contributed by atoms with Crippen LogP contribution in [0.2, 0.25) is 0 Å². The lowest BCUT2D eigenvalue weighted by Gasteiger charge is -2.34. The summed E-state index contributed by atoms with van der Waals surface area (Å²) < 4.78 is 34.3. The van der Waals surface area contributed by atoms with E-state index in [1.165, 1.54) is 18.3 Å². The molecular weight excluding hydrogens is 466 g/mol. The molecule has 1 aromatic carbocycles. The van der Waals surface area contributed by atoms with Gasteiger partial charge in [-0.25, -0.2) is 8.78 Å². The summed E-state index contributed by atoms with van der Waals surface area (Å²) in [7, 11) is 0. The molecule has 4 rings (SSSR count). The fourth-order valence-corrected chi connectivity index (χ4v) is 4.72. The zero-order valence-corrected chi connectivity index (χ0v) is 20.9. The number of carbonyl (C=O) groups excluding carboxylic acids is 2. The topological polar surface area (TPSA) is 83.6 Å². The van der Waals surface area contributed by atoms with Crippen molar-refractivity contribution in [1.82, 2.24) is 20.5 Å². The lowest BCUT2D eigenvalue weighted by molar-refractivity contribution is -0.121. The van der Waals surface area contributed by atoms with E-state index < -0.39 is 17.4 Å². The summed E-state index contributed by atoms with van der Waals surface area (Å²) >= 11 is 0. The van der Waals surface area contributed by atoms with Crippen molar-refractivity contribution < 1.29 is 23.1 Å². The Bertz CT molecular complexity index is 1060. The van der Waals surface area contributed by atoms with Crippen molar-refractivity contribution in [1.29, 1.82) is 0 Å². The lowest BCUT2D eigenvalue weighted by Crippen LogP contribution is -2.43. The Morgan fingerprint density at radius 1 is 1.17 bits per heavy atom. The molecule has 0 spiro atoms. The SMILES string of the molecule is CC(C)(F)CN1CCC(COc2ccc(-c3ccc(C(=O)NC(=O)[C@@H]4CCCN4)nc3)cc2F)CC1. The number of hydrogen-bond donors (Lipinski definition) is 2. The van der Waals surface area contributed by atoms with Crippen molar-refractivity contribution in [3.63, 3.8) is 0 Å². The second-order valence-electron chi connectivity index (χ2n) is 10.3. The van der Waals surface area contributed by atoms with Gasteiger partial charge in [0.15, 0.2) is 11.6 Å². The van der Waals surface area contributed by atoms with Crippen molar-refractivity contribution in [2.75, 3.05) is 32.8 Å². The van der Waals surface area contributed by atoms with Crippen LogP contribution in [0.5, 0.6) is 5.75 Å². The number of rotatable bonds is 8. The summed E-state index contributed by atoms with van der Waals surface area (Å²) in [5.74, 6) is -0.887. The summed E-state index contributed by atoms with van der Waals surface area (Å²) in [6, 6.07) is 7.56. The third-order valence-corrected chi connectivity index (χ3v) is 6.66. The molecule has 3 heterocycles. The number of pyridine rings is 1. The van der Waals surface area contributed by atoms with Gasteiger partial charge in [0.05, 0.1) is 12.6 Å². The van der Waals surface area contributed by atoms with E-state index in [1.54, 1.807) is 32.0 Å². The molecular formula is C27H34F2N4O3. The average molecular weight is 501 g/mol. The number of nitrogens with one attached hydrogen (secondary N) is 2. The van der Waals surface area contributed by atoms with E-state index in [0.717, 1.165) is 38.9 Å². The summed E-state index contributed by atoms with van der Waals surface area (Å²) in [5, 5.41) is 5.41. The number of halogens is 2. The summed E-state index contributed by atoms with van der Waals surface area (Å²) in [5.41, 5.74) is 0.158. The van der Waals surface area contributed by atoms with E-state index in [4.69, 9.17) is 4.74 Å². The number of ether oxygens (including phenoxy) is 1. The minimum absolute atomic E-state index is 0.117. The number of alkyl halides is 1. The molecule has 0 bridgehead atoms. The molecule has 7 nitrogen and oxygen atoms in total. The minimum Gasteiger partial charge on any atom is -0.490 e. The molecule has 2 N–H and O–H groups in total. The quantitative estimate of drug-likeness (QED) is 0.538. The number of imide groups is 1. The normalized spacial score (nSPS) is 19.3. The highest BCUT2D eigenvalue weighted by Gasteiger charge is 2.26. The average Bonchev–Trinajstić information content (AvgIpc) is 3.39. The number of benzene rings is 1. The van der Waals surface area contributed by atoms with Crippen LogP contribution in [0.3, 0.4) is 0 Å². The first-order valence-corrected chi connectivity index (χ1v) is 12.6. The number of amides is 2. The second-order valence-corrected chi connectivity index (χ2v) is 10.3. The summed E-state index contributed by atoms with van der Waals surface area (Å²) in [6.07, 6.45) is 4.87. The Balaban J connectivity index is 1.28. The number of carbonyl (C=O) groups is 2. The van der Waals surface area contributed by atoms with E-state index in [1.807, 2.05) is 0 Å². The third-order valence-electron chi connectivity index (χ3n) is 6.66. The van der Waals surface area contributed by atoms with Gasteiger partial charge < -0.3 is 15.0 Å². The standard InChI is InChI=1S/C27H34F2N4O3/c1-27(2,29)17-33-12-9-18(10-13-33)16-36-24-8-6-19(14-21(24)28)20-5-7-23(31-15-20)26(35)32-25(34)22-4-3-11-30-22/h5-8,14-15,18,22,30H,3-4,9-13,16-17H2,1-2H3,(H,32,34,35)/t22-/m0/s1. The highest BCUT2D eigenvalue weighted by atomic mass is 19.1. The molecule has 0 radical (unpaired) electrons. The van der Waals surface area contributed by atoms with Crippen LogP contribution in [0, 0.1) is 11.7 Å². The molecule has 2 amide bonds. The van der Waals surface area contributed by atoms with Crippen LogP contribution in [0.1, 0.15) is 50.0 Å². The first kappa shape index (κ1) is 26.2. The van der Waals surface area contributed by atoms with E-state index in [-0.39, 0.29) is 23.4 Å².